The van der Waals surface area contributed by atoms with E-state index in [2.05, 4.69) is 15.3 Å². The van der Waals surface area contributed by atoms with Crippen LogP contribution in [0.5, 0.6) is 5.88 Å². The average Bonchev–Trinajstić information content (AvgIpc) is 2.63. The molecular weight excluding hydrogens is 342 g/mol. The number of rotatable bonds is 3. The molecule has 1 aromatic rings. The van der Waals surface area contributed by atoms with Gasteiger partial charge in [-0.15, -0.1) is 11.8 Å². The first kappa shape index (κ1) is 17.8. The van der Waals surface area contributed by atoms with Crippen molar-refractivity contribution in [3.8, 4) is 5.88 Å². The molecular formula is C16H23N5O3S. The lowest BCUT2D eigenvalue weighted by Crippen LogP contribution is -2.60. The standard InChI is InChI=1S/C16H23N5O3S/c1-16(2)14(23)18-11(10-25-16)13(22)20-6-8-21(9-7-20)15-17-5-4-12(19-15)24-3/h4-5,11H,6-10H2,1-3H3,(H,18,23). The predicted octanol–water partition coefficient (Wildman–Crippen LogP) is 0.144. The van der Waals surface area contributed by atoms with Crippen LogP contribution in [-0.2, 0) is 9.59 Å². The summed E-state index contributed by atoms with van der Waals surface area (Å²) in [6, 6.07) is 1.26. The van der Waals surface area contributed by atoms with Crippen molar-refractivity contribution in [2.24, 2.45) is 0 Å². The zero-order valence-electron chi connectivity index (χ0n) is 14.7. The number of carbonyl (C=O) groups excluding carboxylic acids is 2. The maximum absolute atomic E-state index is 12.7. The summed E-state index contributed by atoms with van der Waals surface area (Å²) in [5.74, 6) is 1.65. The summed E-state index contributed by atoms with van der Waals surface area (Å²) >= 11 is 1.53. The van der Waals surface area contributed by atoms with E-state index in [1.807, 2.05) is 18.7 Å². The first-order valence-electron chi connectivity index (χ1n) is 8.26. The first-order chi connectivity index (χ1) is 11.9. The molecule has 0 radical (unpaired) electrons. The molecule has 2 fully saturated rings. The molecule has 1 atom stereocenters. The Kier molecular flexibility index (Phi) is 5.03. The normalized spacial score (nSPS) is 23.2. The van der Waals surface area contributed by atoms with Crippen molar-refractivity contribution >= 4 is 29.5 Å². The molecule has 1 unspecified atom stereocenters. The van der Waals surface area contributed by atoms with Gasteiger partial charge in [0, 0.05) is 44.2 Å². The van der Waals surface area contributed by atoms with Crippen molar-refractivity contribution in [1.29, 1.82) is 0 Å². The van der Waals surface area contributed by atoms with E-state index in [0.717, 1.165) is 0 Å². The van der Waals surface area contributed by atoms with E-state index in [1.54, 1.807) is 24.3 Å². The smallest absolute Gasteiger partial charge is 0.246 e. The number of nitrogens with zero attached hydrogens (tertiary/aromatic N) is 4. The van der Waals surface area contributed by atoms with Crippen LogP contribution in [0, 0.1) is 0 Å². The fraction of sp³-hybridized carbons (Fsp3) is 0.625. The number of amides is 2. The Bertz CT molecular complexity index is 661. The minimum atomic E-state index is -0.473. The van der Waals surface area contributed by atoms with Crippen LogP contribution >= 0.6 is 11.8 Å². The fourth-order valence-electron chi connectivity index (χ4n) is 2.81. The topological polar surface area (TPSA) is 87.7 Å². The number of nitrogens with one attached hydrogen (secondary N) is 1. The molecule has 0 aromatic carbocycles. The highest BCUT2D eigenvalue weighted by atomic mass is 32.2. The Hall–Kier alpha value is -2.03. The number of hydrogen-bond donors (Lipinski definition) is 1. The molecule has 136 valence electrons. The van der Waals surface area contributed by atoms with Crippen LogP contribution in [-0.4, -0.2) is 76.5 Å². The zero-order valence-corrected chi connectivity index (χ0v) is 15.5. The molecule has 2 aliphatic heterocycles. The highest BCUT2D eigenvalue weighted by molar-refractivity contribution is 8.01. The third kappa shape index (κ3) is 3.81. The summed E-state index contributed by atoms with van der Waals surface area (Å²) in [6.07, 6.45) is 1.66. The number of hydrogen-bond acceptors (Lipinski definition) is 7. The lowest BCUT2D eigenvalue weighted by molar-refractivity contribution is -0.136. The fourth-order valence-corrected chi connectivity index (χ4v) is 3.81. The second-order valence-electron chi connectivity index (χ2n) is 6.56. The van der Waals surface area contributed by atoms with Gasteiger partial charge in [0.15, 0.2) is 0 Å². The third-order valence-corrected chi connectivity index (χ3v) is 5.87. The van der Waals surface area contributed by atoms with Crippen molar-refractivity contribution < 1.29 is 14.3 Å². The SMILES string of the molecule is COc1ccnc(N2CCN(C(=O)C3CSC(C)(C)C(=O)N3)CC2)n1. The minimum Gasteiger partial charge on any atom is -0.481 e. The van der Waals surface area contributed by atoms with Crippen LogP contribution in [0.15, 0.2) is 12.3 Å². The van der Waals surface area contributed by atoms with Crippen LogP contribution in [0.3, 0.4) is 0 Å². The lowest BCUT2D eigenvalue weighted by Gasteiger charge is -2.39. The Labute approximate surface area is 151 Å². The lowest BCUT2D eigenvalue weighted by atomic mass is 10.1. The van der Waals surface area contributed by atoms with E-state index in [-0.39, 0.29) is 11.8 Å². The van der Waals surface area contributed by atoms with Gasteiger partial charge in [0.05, 0.1) is 11.9 Å². The van der Waals surface area contributed by atoms with Crippen LogP contribution in [0.2, 0.25) is 0 Å². The number of methoxy groups -OCH3 is 1. The predicted molar refractivity (Wildman–Crippen MR) is 95.8 cm³/mol. The summed E-state index contributed by atoms with van der Waals surface area (Å²) in [7, 11) is 1.57. The van der Waals surface area contributed by atoms with Gasteiger partial charge in [-0.25, -0.2) is 4.98 Å². The number of ether oxygens (including phenoxy) is 1. The van der Waals surface area contributed by atoms with Gasteiger partial charge in [-0.3, -0.25) is 9.59 Å². The maximum Gasteiger partial charge on any atom is 0.246 e. The van der Waals surface area contributed by atoms with Crippen LogP contribution in [0.25, 0.3) is 0 Å². The average molecular weight is 365 g/mol. The van der Waals surface area contributed by atoms with E-state index in [9.17, 15) is 9.59 Å². The van der Waals surface area contributed by atoms with Crippen molar-refractivity contribution in [3.63, 3.8) is 0 Å². The first-order valence-corrected chi connectivity index (χ1v) is 9.25. The Balaban J connectivity index is 1.57. The molecule has 2 aliphatic rings. The quantitative estimate of drug-likeness (QED) is 0.815. The Morgan fingerprint density at radius 1 is 1.36 bits per heavy atom. The van der Waals surface area contributed by atoms with Gasteiger partial charge in [-0.2, -0.15) is 4.98 Å². The van der Waals surface area contributed by atoms with Crippen molar-refractivity contribution in [2.45, 2.75) is 24.6 Å². The van der Waals surface area contributed by atoms with Crippen molar-refractivity contribution in [2.75, 3.05) is 43.9 Å². The number of carbonyl (C=O) groups is 2. The second kappa shape index (κ2) is 7.07. The molecule has 25 heavy (non-hydrogen) atoms. The molecule has 0 aliphatic carbocycles. The van der Waals surface area contributed by atoms with E-state index in [4.69, 9.17) is 4.74 Å². The van der Waals surface area contributed by atoms with Crippen LogP contribution < -0.4 is 15.0 Å². The van der Waals surface area contributed by atoms with Gasteiger partial charge in [-0.1, -0.05) is 0 Å². The molecule has 3 rings (SSSR count). The summed E-state index contributed by atoms with van der Waals surface area (Å²) in [5, 5.41) is 2.86. The molecule has 2 saturated heterocycles. The Morgan fingerprint density at radius 2 is 2.08 bits per heavy atom. The number of anilines is 1. The highest BCUT2D eigenvalue weighted by Gasteiger charge is 2.39. The van der Waals surface area contributed by atoms with Crippen molar-refractivity contribution in [3.05, 3.63) is 12.3 Å². The van der Waals surface area contributed by atoms with Gasteiger partial charge in [-0.05, 0) is 13.8 Å². The molecule has 3 heterocycles. The minimum absolute atomic E-state index is 0.0115. The summed E-state index contributed by atoms with van der Waals surface area (Å²) in [6.45, 7) is 6.22. The van der Waals surface area contributed by atoms with Crippen molar-refractivity contribution in [1.82, 2.24) is 20.2 Å². The third-order valence-electron chi connectivity index (χ3n) is 4.46. The summed E-state index contributed by atoms with van der Waals surface area (Å²) in [4.78, 5) is 37.2. The highest BCUT2D eigenvalue weighted by Crippen LogP contribution is 2.29. The number of aromatic nitrogens is 2. The maximum atomic E-state index is 12.7. The molecule has 0 saturated carbocycles. The molecule has 0 spiro atoms. The number of thioether (sulfide) groups is 1. The largest absolute Gasteiger partial charge is 0.481 e. The molecule has 9 heteroatoms. The van der Waals surface area contributed by atoms with E-state index in [0.29, 0.717) is 43.8 Å². The molecule has 0 bridgehead atoms. The van der Waals surface area contributed by atoms with Gasteiger partial charge in [0.1, 0.15) is 6.04 Å². The zero-order chi connectivity index (χ0) is 18.0. The Morgan fingerprint density at radius 3 is 2.72 bits per heavy atom. The summed E-state index contributed by atoms with van der Waals surface area (Å²) < 4.78 is 4.65. The van der Waals surface area contributed by atoms with Gasteiger partial charge in [0.25, 0.3) is 0 Å². The second-order valence-corrected chi connectivity index (χ2v) is 8.20. The number of piperazine rings is 1. The van der Waals surface area contributed by atoms with E-state index < -0.39 is 10.8 Å². The monoisotopic (exact) mass is 365 g/mol. The van der Waals surface area contributed by atoms with Crippen LogP contribution in [0.4, 0.5) is 5.95 Å². The van der Waals surface area contributed by atoms with E-state index in [1.165, 1.54) is 11.8 Å². The van der Waals surface area contributed by atoms with Gasteiger partial charge in [0.2, 0.25) is 23.6 Å². The molecule has 1 N–H and O–H groups in total. The van der Waals surface area contributed by atoms with Crippen LogP contribution in [0.1, 0.15) is 13.8 Å². The van der Waals surface area contributed by atoms with Gasteiger partial charge < -0.3 is 19.9 Å². The molecule has 1 aromatic heterocycles. The molecule has 8 nitrogen and oxygen atoms in total. The summed E-state index contributed by atoms with van der Waals surface area (Å²) in [5.41, 5.74) is 0. The van der Waals surface area contributed by atoms with Gasteiger partial charge >= 0.3 is 0 Å². The van der Waals surface area contributed by atoms with E-state index >= 15 is 0 Å². The molecule has 2 amide bonds.